The molecule has 2 rings (SSSR count). The summed E-state index contributed by atoms with van der Waals surface area (Å²) in [6.07, 6.45) is 0.807. The van der Waals surface area contributed by atoms with Crippen molar-refractivity contribution in [3.8, 4) is 0 Å². The molecule has 1 saturated heterocycles. The molecule has 2 N–H and O–H groups in total. The molecule has 1 unspecified atom stereocenters. The molecule has 0 spiro atoms. The molecule has 6 nitrogen and oxygen atoms in total. The third-order valence-electron chi connectivity index (χ3n) is 3.44. The van der Waals surface area contributed by atoms with Crippen LogP contribution in [0.4, 0.5) is 0 Å². The lowest BCUT2D eigenvalue weighted by molar-refractivity contribution is -0.138. The van der Waals surface area contributed by atoms with Crippen molar-refractivity contribution in [3.63, 3.8) is 0 Å². The summed E-state index contributed by atoms with van der Waals surface area (Å²) in [5.74, 6) is -0.740. The number of hydrogen-bond acceptors (Lipinski definition) is 5. The highest BCUT2D eigenvalue weighted by Gasteiger charge is 2.32. The lowest BCUT2D eigenvalue weighted by atomic mass is 10.0. The molecule has 1 atom stereocenters. The maximum atomic E-state index is 11.6. The van der Waals surface area contributed by atoms with Gasteiger partial charge >= 0.3 is 5.97 Å². The maximum Gasteiger partial charge on any atom is 0.305 e. The highest BCUT2D eigenvalue weighted by Crippen LogP contribution is 2.22. The first-order chi connectivity index (χ1) is 11.3. The normalized spacial score (nSPS) is 19.8. The molecule has 0 bridgehead atoms. The first-order valence-corrected chi connectivity index (χ1v) is 8.64. The summed E-state index contributed by atoms with van der Waals surface area (Å²) in [6, 6.07) is 8.17. The summed E-state index contributed by atoms with van der Waals surface area (Å²) in [5, 5.41) is 19.2. The van der Waals surface area contributed by atoms with E-state index < -0.39 is 11.2 Å². The number of carbonyl (C=O) groups is 2. The first-order valence-electron chi connectivity index (χ1n) is 7.76. The van der Waals surface area contributed by atoms with Crippen molar-refractivity contribution in [1.29, 1.82) is 0 Å². The number of hydrogen-bond donors (Lipinski definition) is 2. The van der Waals surface area contributed by atoms with Crippen LogP contribution in [-0.4, -0.2) is 33.1 Å². The number of nitrogens with one attached hydrogen (secondary N) is 1. The summed E-state index contributed by atoms with van der Waals surface area (Å²) < 4.78 is 0. The molecule has 1 aromatic rings. The fourth-order valence-electron chi connectivity index (χ4n) is 2.28. The van der Waals surface area contributed by atoms with Gasteiger partial charge in [-0.2, -0.15) is 5.10 Å². The molecule has 24 heavy (non-hydrogen) atoms. The first kappa shape index (κ1) is 18.2. The van der Waals surface area contributed by atoms with Gasteiger partial charge in [0.1, 0.15) is 5.25 Å². The Bertz CT molecular complexity index is 681. The van der Waals surface area contributed by atoms with Crippen LogP contribution in [-0.2, 0) is 16.0 Å². The molecule has 0 saturated carbocycles. The fraction of sp³-hybridized carbons (Fsp3) is 0.412. The number of nitrogens with zero attached hydrogens (tertiary/aromatic N) is 2. The Balaban J connectivity index is 2.03. The van der Waals surface area contributed by atoms with Crippen molar-refractivity contribution >= 4 is 34.5 Å². The van der Waals surface area contributed by atoms with E-state index >= 15 is 0 Å². The van der Waals surface area contributed by atoms with Crippen molar-refractivity contribution in [2.24, 2.45) is 16.1 Å². The second-order valence-corrected chi connectivity index (χ2v) is 7.27. The van der Waals surface area contributed by atoms with Crippen LogP contribution in [0.25, 0.3) is 0 Å². The number of carboxylic acid groups (broad SMARTS) is 1. The molecule has 0 aromatic heterocycles. The minimum atomic E-state index is -1.01. The fourth-order valence-corrected chi connectivity index (χ4v) is 3.19. The number of carboxylic acids is 1. The van der Waals surface area contributed by atoms with Gasteiger partial charge in [0.05, 0.1) is 12.1 Å². The number of carbonyl (C=O) groups excluding carboxylic acids is 1. The molecule has 1 aliphatic heterocycles. The van der Waals surface area contributed by atoms with Gasteiger partial charge in [0, 0.05) is 0 Å². The highest BCUT2D eigenvalue weighted by molar-refractivity contribution is 8.15. The van der Waals surface area contributed by atoms with Gasteiger partial charge in [-0.25, -0.2) is 0 Å². The smallest absolute Gasteiger partial charge is 0.305 e. The molecule has 1 heterocycles. The number of amidine groups is 1. The molecule has 0 aliphatic carbocycles. The van der Waals surface area contributed by atoms with Crippen molar-refractivity contribution in [3.05, 3.63) is 35.4 Å². The highest BCUT2D eigenvalue weighted by atomic mass is 32.2. The van der Waals surface area contributed by atoms with Crippen molar-refractivity contribution in [2.75, 3.05) is 0 Å². The lowest BCUT2D eigenvalue weighted by Crippen LogP contribution is -2.26. The van der Waals surface area contributed by atoms with Gasteiger partial charge in [0.15, 0.2) is 5.17 Å². The monoisotopic (exact) mass is 347 g/mol. The zero-order chi connectivity index (χ0) is 17.7. The third kappa shape index (κ3) is 5.19. The van der Waals surface area contributed by atoms with Crippen molar-refractivity contribution < 1.29 is 14.7 Å². The van der Waals surface area contributed by atoms with E-state index in [1.165, 1.54) is 5.56 Å². The molecule has 1 aromatic carbocycles. The maximum absolute atomic E-state index is 11.6. The molecule has 0 radical (unpaired) electrons. The van der Waals surface area contributed by atoms with Crippen LogP contribution in [0.5, 0.6) is 0 Å². The van der Waals surface area contributed by atoms with Gasteiger partial charge in [0.25, 0.3) is 0 Å². The Labute approximate surface area is 145 Å². The van der Waals surface area contributed by atoms with E-state index in [-0.39, 0.29) is 12.3 Å². The number of thioether (sulfide) groups is 1. The van der Waals surface area contributed by atoms with E-state index in [1.54, 1.807) is 0 Å². The van der Waals surface area contributed by atoms with E-state index in [4.69, 9.17) is 5.11 Å². The summed E-state index contributed by atoms with van der Waals surface area (Å²) in [5.41, 5.74) is 2.97. The Kier molecular flexibility index (Phi) is 6.14. The third-order valence-corrected chi connectivity index (χ3v) is 4.52. The zero-order valence-corrected chi connectivity index (χ0v) is 14.8. The van der Waals surface area contributed by atoms with Gasteiger partial charge in [-0.15, -0.1) is 5.10 Å². The average molecular weight is 347 g/mol. The van der Waals surface area contributed by atoms with Crippen LogP contribution < -0.4 is 5.32 Å². The van der Waals surface area contributed by atoms with E-state index in [1.807, 2.05) is 19.1 Å². The topological polar surface area (TPSA) is 91.1 Å². The van der Waals surface area contributed by atoms with Crippen LogP contribution in [0.15, 0.2) is 34.5 Å². The van der Waals surface area contributed by atoms with Gasteiger partial charge < -0.3 is 10.4 Å². The Morgan fingerprint density at radius 1 is 1.33 bits per heavy atom. The molecule has 128 valence electrons. The summed E-state index contributed by atoms with van der Waals surface area (Å²) in [4.78, 5) is 22.3. The van der Waals surface area contributed by atoms with E-state index in [0.717, 1.165) is 29.5 Å². The summed E-state index contributed by atoms with van der Waals surface area (Å²) >= 11 is 1.09. The average Bonchev–Trinajstić information content (AvgIpc) is 2.84. The number of aliphatic carboxylic acids is 1. The molecule has 7 heteroatoms. The number of rotatable bonds is 6. The van der Waals surface area contributed by atoms with Crippen LogP contribution >= 0.6 is 11.8 Å². The minimum Gasteiger partial charge on any atom is -0.481 e. The second-order valence-electron chi connectivity index (χ2n) is 6.08. The summed E-state index contributed by atoms with van der Waals surface area (Å²) in [7, 11) is 0. The molecule has 1 fully saturated rings. The SMILES string of the molecule is C/C(=N\N=C1/NC(=O)C(CC(=O)O)S1)c1ccc(CC(C)C)cc1. The van der Waals surface area contributed by atoms with Gasteiger partial charge in [-0.3, -0.25) is 9.59 Å². The van der Waals surface area contributed by atoms with Crippen molar-refractivity contribution in [1.82, 2.24) is 5.32 Å². The summed E-state index contributed by atoms with van der Waals surface area (Å²) in [6.45, 7) is 6.21. The van der Waals surface area contributed by atoms with Crippen LogP contribution in [0.2, 0.25) is 0 Å². The van der Waals surface area contributed by atoms with E-state index in [9.17, 15) is 9.59 Å². The zero-order valence-electron chi connectivity index (χ0n) is 13.9. The lowest BCUT2D eigenvalue weighted by Gasteiger charge is -2.06. The molecular weight excluding hydrogens is 326 g/mol. The minimum absolute atomic E-state index is 0.227. The van der Waals surface area contributed by atoms with Gasteiger partial charge in [-0.1, -0.05) is 49.9 Å². The predicted octanol–water partition coefficient (Wildman–Crippen LogP) is 2.67. The Morgan fingerprint density at radius 3 is 2.58 bits per heavy atom. The van der Waals surface area contributed by atoms with Gasteiger partial charge in [-0.05, 0) is 30.4 Å². The Morgan fingerprint density at radius 2 is 2.00 bits per heavy atom. The molecular formula is C17H21N3O3S. The van der Waals surface area contributed by atoms with E-state index in [0.29, 0.717) is 11.1 Å². The molecule has 1 amide bonds. The Hall–Kier alpha value is -2.15. The predicted molar refractivity (Wildman–Crippen MR) is 96.4 cm³/mol. The van der Waals surface area contributed by atoms with E-state index in [2.05, 4.69) is 41.5 Å². The van der Waals surface area contributed by atoms with Crippen LogP contribution in [0, 0.1) is 5.92 Å². The number of benzene rings is 1. The molecule has 1 aliphatic rings. The quantitative estimate of drug-likeness (QED) is 0.611. The van der Waals surface area contributed by atoms with Crippen LogP contribution in [0.3, 0.4) is 0 Å². The number of amides is 1. The second kappa shape index (κ2) is 8.10. The standard InChI is InChI=1S/C17H21N3O3S/c1-10(2)8-12-4-6-13(7-5-12)11(3)19-20-17-18-16(23)14(24-17)9-15(21)22/h4-7,10,14H,8-9H2,1-3H3,(H,21,22)(H,18,20,23)/b19-11+. The van der Waals surface area contributed by atoms with Crippen molar-refractivity contribution in [2.45, 2.75) is 38.9 Å². The largest absolute Gasteiger partial charge is 0.481 e. The van der Waals surface area contributed by atoms with Crippen LogP contribution in [0.1, 0.15) is 38.3 Å². The van der Waals surface area contributed by atoms with Gasteiger partial charge in [0.2, 0.25) is 5.91 Å².